The molecule has 84 valence electrons. The van der Waals surface area contributed by atoms with Crippen LogP contribution in [0.2, 0.25) is 0 Å². The summed E-state index contributed by atoms with van der Waals surface area (Å²) in [5, 5.41) is 9.20. The van der Waals surface area contributed by atoms with Crippen molar-refractivity contribution >= 4 is 11.8 Å². The summed E-state index contributed by atoms with van der Waals surface area (Å²) in [6, 6.07) is 10.4. The third-order valence-electron chi connectivity index (χ3n) is 3.17. The van der Waals surface area contributed by atoms with Crippen molar-refractivity contribution in [3.63, 3.8) is 0 Å². The Balaban J connectivity index is 2.10. The van der Waals surface area contributed by atoms with Crippen molar-refractivity contribution in [1.82, 2.24) is 0 Å². The monoisotopic (exact) mass is 235 g/mol. The maximum Gasteiger partial charge on any atom is 0.0988 e. The molecule has 0 N–H and O–H groups in total. The molecular formula is C13H14FNS. The van der Waals surface area contributed by atoms with Gasteiger partial charge in [0.1, 0.15) is 0 Å². The summed E-state index contributed by atoms with van der Waals surface area (Å²) in [4.78, 5) is 1.08. The molecule has 0 atom stereocenters. The summed E-state index contributed by atoms with van der Waals surface area (Å²) in [6.07, 6.45) is 3.09. The van der Waals surface area contributed by atoms with Crippen molar-refractivity contribution < 1.29 is 4.39 Å². The Kier molecular flexibility index (Phi) is 3.50. The number of alkyl halides is 1. The van der Waals surface area contributed by atoms with Crippen LogP contribution in [0, 0.1) is 11.3 Å². The molecular weight excluding hydrogens is 221 g/mol. The van der Waals surface area contributed by atoms with Gasteiger partial charge >= 0.3 is 0 Å². The number of nitrogens with zero attached hydrogens (tertiary/aromatic N) is 1. The van der Waals surface area contributed by atoms with E-state index in [1.807, 2.05) is 24.3 Å². The van der Waals surface area contributed by atoms with Gasteiger partial charge in [0.2, 0.25) is 0 Å². The Bertz CT molecular complexity index is 389. The molecule has 1 aliphatic rings. The molecule has 0 amide bonds. The van der Waals surface area contributed by atoms with E-state index in [9.17, 15) is 9.65 Å². The second-order valence-corrected chi connectivity index (χ2v) is 5.28. The second-order valence-electron chi connectivity index (χ2n) is 4.11. The van der Waals surface area contributed by atoms with Crippen LogP contribution in [0.3, 0.4) is 0 Å². The molecule has 3 heteroatoms. The lowest BCUT2D eigenvalue weighted by atomic mass is 9.66. The minimum Gasteiger partial charge on any atom is -0.250 e. The van der Waals surface area contributed by atoms with Crippen LogP contribution >= 0.6 is 11.8 Å². The first-order chi connectivity index (χ1) is 7.80. The van der Waals surface area contributed by atoms with E-state index in [4.69, 9.17) is 0 Å². The molecule has 0 bridgehead atoms. The van der Waals surface area contributed by atoms with Crippen molar-refractivity contribution in [1.29, 1.82) is 5.26 Å². The van der Waals surface area contributed by atoms with Crippen LogP contribution in [0.25, 0.3) is 0 Å². The number of halogens is 1. The van der Waals surface area contributed by atoms with E-state index in [2.05, 4.69) is 6.07 Å². The van der Waals surface area contributed by atoms with Crippen molar-refractivity contribution in [2.75, 3.05) is 12.4 Å². The first-order valence-corrected chi connectivity index (χ1v) is 6.50. The number of benzene rings is 1. The highest BCUT2D eigenvalue weighted by Gasteiger charge is 2.38. The smallest absolute Gasteiger partial charge is 0.0988 e. The van der Waals surface area contributed by atoms with Crippen LogP contribution in [0.15, 0.2) is 29.2 Å². The predicted molar refractivity (Wildman–Crippen MR) is 64.3 cm³/mol. The van der Waals surface area contributed by atoms with Gasteiger partial charge in [0, 0.05) is 10.6 Å². The zero-order valence-electron chi connectivity index (χ0n) is 9.08. The largest absolute Gasteiger partial charge is 0.250 e. The molecule has 0 radical (unpaired) electrons. The molecule has 0 saturated heterocycles. The molecule has 0 aliphatic heterocycles. The van der Waals surface area contributed by atoms with Gasteiger partial charge < -0.3 is 0 Å². The molecule has 1 saturated carbocycles. The Labute approximate surface area is 99.7 Å². The maximum absolute atomic E-state index is 12.0. The normalized spacial score (nSPS) is 17.5. The van der Waals surface area contributed by atoms with E-state index < -0.39 is 0 Å². The fourth-order valence-corrected chi connectivity index (χ4v) is 2.66. The molecule has 1 nitrogen and oxygen atoms in total. The third kappa shape index (κ3) is 2.08. The molecule has 16 heavy (non-hydrogen) atoms. The molecule has 1 aromatic rings. The van der Waals surface area contributed by atoms with E-state index in [1.54, 1.807) is 0 Å². The number of hydrogen-bond acceptors (Lipinski definition) is 2. The average Bonchev–Trinajstić information content (AvgIpc) is 2.27. The fraction of sp³-hybridized carbons (Fsp3) is 0.462. The van der Waals surface area contributed by atoms with Crippen LogP contribution < -0.4 is 0 Å². The van der Waals surface area contributed by atoms with Crippen LogP contribution in [0.4, 0.5) is 4.39 Å². The van der Waals surface area contributed by atoms with Crippen molar-refractivity contribution in [2.24, 2.45) is 0 Å². The first-order valence-electron chi connectivity index (χ1n) is 5.51. The minimum atomic E-state index is -0.297. The van der Waals surface area contributed by atoms with Gasteiger partial charge in [-0.2, -0.15) is 5.26 Å². The fourth-order valence-electron chi connectivity index (χ4n) is 2.02. The van der Waals surface area contributed by atoms with Gasteiger partial charge in [-0.25, -0.2) is 0 Å². The molecule has 1 aliphatic carbocycles. The van der Waals surface area contributed by atoms with E-state index >= 15 is 0 Å². The quantitative estimate of drug-likeness (QED) is 0.743. The number of rotatable bonds is 4. The Hall–Kier alpha value is -1.01. The standard InChI is InChI=1S/C13H14FNS/c14-8-9-16-12-4-2-11(3-5-12)13(10-15)6-1-7-13/h2-5H,1,6-9H2. The zero-order valence-corrected chi connectivity index (χ0v) is 9.89. The van der Waals surface area contributed by atoms with Gasteiger partial charge in [0.15, 0.2) is 0 Å². The Morgan fingerprint density at radius 2 is 2.00 bits per heavy atom. The summed E-state index contributed by atoms with van der Waals surface area (Å²) in [5.41, 5.74) is 0.884. The predicted octanol–water partition coefficient (Wildman–Crippen LogP) is 3.69. The van der Waals surface area contributed by atoms with Gasteiger partial charge in [-0.05, 0) is 37.0 Å². The van der Waals surface area contributed by atoms with Crippen molar-refractivity contribution in [3.8, 4) is 6.07 Å². The lowest BCUT2D eigenvalue weighted by molar-refractivity contribution is 0.324. The number of thioether (sulfide) groups is 1. The Morgan fingerprint density at radius 3 is 2.44 bits per heavy atom. The second kappa shape index (κ2) is 4.88. The highest BCUT2D eigenvalue weighted by molar-refractivity contribution is 7.99. The topological polar surface area (TPSA) is 23.8 Å². The van der Waals surface area contributed by atoms with Gasteiger partial charge in [-0.15, -0.1) is 11.8 Å². The first kappa shape index (κ1) is 11.5. The lowest BCUT2D eigenvalue weighted by Gasteiger charge is -2.35. The lowest BCUT2D eigenvalue weighted by Crippen LogP contribution is -2.32. The number of hydrogen-bond donors (Lipinski definition) is 0. The van der Waals surface area contributed by atoms with Gasteiger partial charge in [-0.3, -0.25) is 4.39 Å². The van der Waals surface area contributed by atoms with Crippen LogP contribution in [0.5, 0.6) is 0 Å². The minimum absolute atomic E-state index is 0.233. The molecule has 0 unspecified atom stereocenters. The summed E-state index contributed by atoms with van der Waals surface area (Å²) >= 11 is 1.52. The van der Waals surface area contributed by atoms with Crippen molar-refractivity contribution in [2.45, 2.75) is 29.6 Å². The average molecular weight is 235 g/mol. The summed E-state index contributed by atoms with van der Waals surface area (Å²) in [6.45, 7) is -0.297. The molecule has 0 aromatic heterocycles. The molecule has 1 aromatic carbocycles. The van der Waals surface area contributed by atoms with E-state index in [0.29, 0.717) is 5.75 Å². The Morgan fingerprint density at radius 1 is 1.31 bits per heavy atom. The highest BCUT2D eigenvalue weighted by Crippen LogP contribution is 2.43. The van der Waals surface area contributed by atoms with E-state index in [1.165, 1.54) is 11.8 Å². The van der Waals surface area contributed by atoms with Crippen LogP contribution in [0.1, 0.15) is 24.8 Å². The van der Waals surface area contributed by atoms with Crippen LogP contribution in [-0.4, -0.2) is 12.4 Å². The van der Waals surface area contributed by atoms with Gasteiger partial charge in [0.05, 0.1) is 18.2 Å². The van der Waals surface area contributed by atoms with E-state index in [-0.39, 0.29) is 12.1 Å². The maximum atomic E-state index is 12.0. The van der Waals surface area contributed by atoms with Gasteiger partial charge in [-0.1, -0.05) is 12.1 Å². The van der Waals surface area contributed by atoms with Crippen molar-refractivity contribution in [3.05, 3.63) is 29.8 Å². The van der Waals surface area contributed by atoms with E-state index in [0.717, 1.165) is 29.7 Å². The SMILES string of the molecule is N#CC1(c2ccc(SCCF)cc2)CCC1. The number of nitriles is 1. The molecule has 2 rings (SSSR count). The summed E-state index contributed by atoms with van der Waals surface area (Å²) in [7, 11) is 0. The zero-order chi connectivity index (χ0) is 11.4. The summed E-state index contributed by atoms with van der Waals surface area (Å²) in [5.74, 6) is 0.503. The molecule has 1 fully saturated rings. The molecule has 0 heterocycles. The highest BCUT2D eigenvalue weighted by atomic mass is 32.2. The third-order valence-corrected chi connectivity index (χ3v) is 4.14. The van der Waals surface area contributed by atoms with Gasteiger partial charge in [0.25, 0.3) is 0 Å². The molecule has 0 spiro atoms. The van der Waals surface area contributed by atoms with Crippen LogP contribution in [-0.2, 0) is 5.41 Å². The summed E-state index contributed by atoms with van der Waals surface area (Å²) < 4.78 is 12.0.